The molecule has 0 aromatic carbocycles. The van der Waals surface area contributed by atoms with E-state index in [-0.39, 0.29) is 6.10 Å². The predicted molar refractivity (Wildman–Crippen MR) is 45.6 cm³/mol. The van der Waals surface area contributed by atoms with Crippen LogP contribution in [0.2, 0.25) is 0 Å². The van der Waals surface area contributed by atoms with Crippen molar-refractivity contribution in [2.75, 3.05) is 0 Å². The Kier molecular flexibility index (Phi) is 2.88. The van der Waals surface area contributed by atoms with E-state index in [1.54, 1.807) is 19.9 Å². The van der Waals surface area contributed by atoms with Gasteiger partial charge < -0.3 is 14.9 Å². The first kappa shape index (κ1) is 9.71. The van der Waals surface area contributed by atoms with E-state index in [4.69, 9.17) is 4.74 Å². The minimum Gasteiger partial charge on any atom is -0.386 e. The fourth-order valence-corrected chi connectivity index (χ4v) is 1.29. The maximum absolute atomic E-state index is 9.41. The van der Waals surface area contributed by atoms with Crippen LogP contribution in [0.15, 0.2) is 12.2 Å². The Morgan fingerprint density at radius 1 is 1.50 bits per heavy atom. The summed E-state index contributed by atoms with van der Waals surface area (Å²) in [6.45, 7) is 3.14. The van der Waals surface area contributed by atoms with Gasteiger partial charge in [-0.2, -0.15) is 0 Å². The first-order chi connectivity index (χ1) is 5.49. The highest BCUT2D eigenvalue weighted by Crippen LogP contribution is 2.19. The maximum atomic E-state index is 9.41. The summed E-state index contributed by atoms with van der Waals surface area (Å²) in [6, 6.07) is 0. The predicted octanol–water partition coefficient (Wildman–Crippen LogP) is 0.811. The van der Waals surface area contributed by atoms with E-state index in [0.29, 0.717) is 0 Å². The van der Waals surface area contributed by atoms with Gasteiger partial charge in [-0.25, -0.2) is 0 Å². The SMILES string of the molecule is CC(C)(O)OC1CCC=CC1O. The van der Waals surface area contributed by atoms with E-state index in [1.165, 1.54) is 0 Å². The van der Waals surface area contributed by atoms with Crippen molar-refractivity contribution in [2.45, 2.75) is 44.7 Å². The molecule has 0 saturated heterocycles. The van der Waals surface area contributed by atoms with Crippen LogP contribution in [0.4, 0.5) is 0 Å². The Morgan fingerprint density at radius 2 is 2.17 bits per heavy atom. The minimum atomic E-state index is -1.16. The van der Waals surface area contributed by atoms with Gasteiger partial charge in [-0.05, 0) is 26.7 Å². The molecule has 0 aromatic heterocycles. The molecule has 2 N–H and O–H groups in total. The third kappa shape index (κ3) is 2.93. The molecule has 0 saturated carbocycles. The number of allylic oxidation sites excluding steroid dienone is 1. The molecule has 12 heavy (non-hydrogen) atoms. The van der Waals surface area contributed by atoms with Gasteiger partial charge in [-0.1, -0.05) is 12.2 Å². The Bertz CT molecular complexity index is 169. The molecule has 0 fully saturated rings. The van der Waals surface area contributed by atoms with E-state index in [2.05, 4.69) is 0 Å². The fourth-order valence-electron chi connectivity index (χ4n) is 1.29. The maximum Gasteiger partial charge on any atom is 0.160 e. The average Bonchev–Trinajstić information content (AvgIpc) is 1.91. The summed E-state index contributed by atoms with van der Waals surface area (Å²) >= 11 is 0. The Morgan fingerprint density at radius 3 is 2.67 bits per heavy atom. The largest absolute Gasteiger partial charge is 0.386 e. The van der Waals surface area contributed by atoms with Gasteiger partial charge in [0.1, 0.15) is 0 Å². The zero-order chi connectivity index (χ0) is 9.19. The number of rotatable bonds is 2. The third-order valence-corrected chi connectivity index (χ3v) is 1.77. The van der Waals surface area contributed by atoms with Crippen molar-refractivity contribution < 1.29 is 14.9 Å². The second-order valence-corrected chi connectivity index (χ2v) is 3.60. The summed E-state index contributed by atoms with van der Waals surface area (Å²) in [7, 11) is 0. The van der Waals surface area contributed by atoms with Crippen molar-refractivity contribution in [1.82, 2.24) is 0 Å². The fraction of sp³-hybridized carbons (Fsp3) is 0.778. The highest BCUT2D eigenvalue weighted by Gasteiger charge is 2.26. The van der Waals surface area contributed by atoms with Gasteiger partial charge >= 0.3 is 0 Å². The summed E-state index contributed by atoms with van der Waals surface area (Å²) in [4.78, 5) is 0. The first-order valence-corrected chi connectivity index (χ1v) is 4.24. The molecule has 0 amide bonds. The van der Waals surface area contributed by atoms with Crippen molar-refractivity contribution >= 4 is 0 Å². The molecule has 3 nitrogen and oxygen atoms in total. The summed E-state index contributed by atoms with van der Waals surface area (Å²) in [6.07, 6.45) is 4.45. The monoisotopic (exact) mass is 172 g/mol. The van der Waals surface area contributed by atoms with E-state index in [0.717, 1.165) is 12.8 Å². The van der Waals surface area contributed by atoms with E-state index in [1.807, 2.05) is 6.08 Å². The van der Waals surface area contributed by atoms with Gasteiger partial charge in [-0.15, -0.1) is 0 Å². The quantitative estimate of drug-likeness (QED) is 0.478. The number of hydrogen-bond acceptors (Lipinski definition) is 3. The molecule has 1 aliphatic carbocycles. The summed E-state index contributed by atoms with van der Waals surface area (Å²) < 4.78 is 5.25. The van der Waals surface area contributed by atoms with Crippen molar-refractivity contribution in [2.24, 2.45) is 0 Å². The van der Waals surface area contributed by atoms with Crippen LogP contribution in [0.3, 0.4) is 0 Å². The highest BCUT2D eigenvalue weighted by molar-refractivity contribution is 4.98. The molecule has 3 heteroatoms. The van der Waals surface area contributed by atoms with Crippen LogP contribution in [0.25, 0.3) is 0 Å². The standard InChI is InChI=1S/C9H16O3/c1-9(2,11)12-8-6-4-3-5-7(8)10/h3,5,7-8,10-11H,4,6H2,1-2H3. The lowest BCUT2D eigenvalue weighted by Crippen LogP contribution is -2.37. The highest BCUT2D eigenvalue weighted by atomic mass is 16.6. The molecular formula is C9H16O3. The van der Waals surface area contributed by atoms with Gasteiger partial charge in [0, 0.05) is 0 Å². The molecular weight excluding hydrogens is 156 g/mol. The lowest BCUT2D eigenvalue weighted by molar-refractivity contribution is -0.222. The minimum absolute atomic E-state index is 0.269. The summed E-state index contributed by atoms with van der Waals surface area (Å²) in [5.41, 5.74) is 0. The molecule has 0 aromatic rings. The normalized spacial score (nSPS) is 30.7. The first-order valence-electron chi connectivity index (χ1n) is 4.24. The number of hydrogen-bond donors (Lipinski definition) is 2. The number of ether oxygens (including phenoxy) is 1. The van der Waals surface area contributed by atoms with Gasteiger partial charge in [0.05, 0.1) is 12.2 Å². The second-order valence-electron chi connectivity index (χ2n) is 3.60. The van der Waals surface area contributed by atoms with Crippen molar-refractivity contribution in [1.29, 1.82) is 0 Å². The van der Waals surface area contributed by atoms with Gasteiger partial charge in [0.25, 0.3) is 0 Å². The van der Waals surface area contributed by atoms with Crippen LogP contribution < -0.4 is 0 Å². The Hall–Kier alpha value is -0.380. The average molecular weight is 172 g/mol. The second kappa shape index (κ2) is 3.56. The number of aliphatic hydroxyl groups excluding tert-OH is 1. The van der Waals surface area contributed by atoms with Gasteiger partial charge in [0.15, 0.2) is 5.79 Å². The molecule has 0 radical (unpaired) electrons. The van der Waals surface area contributed by atoms with Crippen LogP contribution in [0, 0.1) is 0 Å². The van der Waals surface area contributed by atoms with Crippen LogP contribution >= 0.6 is 0 Å². The van der Waals surface area contributed by atoms with Gasteiger partial charge in [-0.3, -0.25) is 0 Å². The van der Waals surface area contributed by atoms with Crippen LogP contribution in [-0.2, 0) is 4.74 Å². The Balaban J connectivity index is 2.47. The van der Waals surface area contributed by atoms with E-state index >= 15 is 0 Å². The van der Waals surface area contributed by atoms with Crippen LogP contribution in [-0.4, -0.2) is 28.2 Å². The topological polar surface area (TPSA) is 49.7 Å². The Labute approximate surface area is 72.7 Å². The number of aliphatic hydroxyl groups is 2. The van der Waals surface area contributed by atoms with Crippen molar-refractivity contribution in [3.63, 3.8) is 0 Å². The molecule has 2 unspecified atom stereocenters. The molecule has 0 bridgehead atoms. The van der Waals surface area contributed by atoms with Crippen LogP contribution in [0.5, 0.6) is 0 Å². The van der Waals surface area contributed by atoms with Crippen LogP contribution in [0.1, 0.15) is 26.7 Å². The molecule has 0 heterocycles. The summed E-state index contributed by atoms with van der Waals surface area (Å²) in [5, 5.41) is 18.7. The van der Waals surface area contributed by atoms with E-state index < -0.39 is 11.9 Å². The molecule has 1 aliphatic rings. The van der Waals surface area contributed by atoms with Crippen molar-refractivity contribution in [3.05, 3.63) is 12.2 Å². The molecule has 0 aliphatic heterocycles. The molecule has 2 atom stereocenters. The molecule has 0 spiro atoms. The smallest absolute Gasteiger partial charge is 0.160 e. The zero-order valence-corrected chi connectivity index (χ0v) is 7.53. The molecule has 1 rings (SSSR count). The van der Waals surface area contributed by atoms with E-state index in [9.17, 15) is 10.2 Å². The lowest BCUT2D eigenvalue weighted by atomic mass is 10.0. The zero-order valence-electron chi connectivity index (χ0n) is 7.53. The van der Waals surface area contributed by atoms with Gasteiger partial charge in [0.2, 0.25) is 0 Å². The van der Waals surface area contributed by atoms with Crippen molar-refractivity contribution in [3.8, 4) is 0 Å². The summed E-state index contributed by atoms with van der Waals surface area (Å²) in [5.74, 6) is -1.16. The third-order valence-electron chi connectivity index (χ3n) is 1.77. The lowest BCUT2D eigenvalue weighted by Gasteiger charge is -2.30. The molecule has 70 valence electrons.